The fourth-order valence-corrected chi connectivity index (χ4v) is 1.68. The molecule has 0 heterocycles. The Labute approximate surface area is 103 Å². The van der Waals surface area contributed by atoms with Crippen LogP contribution in [0.4, 0.5) is 5.69 Å². The molecule has 0 aromatic heterocycles. The lowest BCUT2D eigenvalue weighted by Gasteiger charge is -2.09. The van der Waals surface area contributed by atoms with Crippen LogP contribution >= 0.6 is 22.6 Å². The SMILES string of the molecule is CCCN(C)N=[N+]([O-])c1cccc(I)c1. The van der Waals surface area contributed by atoms with Gasteiger partial charge in [-0.05, 0) is 41.1 Å². The standard InChI is InChI=1S/C10H14IN3O/c1-3-7-13(2)12-14(15)10-6-4-5-9(11)8-10/h4-6,8H,3,7H2,1-2H3. The molecule has 1 aromatic carbocycles. The molecule has 0 spiro atoms. The van der Waals surface area contributed by atoms with E-state index < -0.39 is 0 Å². The third-order valence-electron chi connectivity index (χ3n) is 1.81. The van der Waals surface area contributed by atoms with E-state index in [1.807, 2.05) is 19.1 Å². The molecule has 0 amide bonds. The van der Waals surface area contributed by atoms with E-state index >= 15 is 0 Å². The molecular formula is C10H14IN3O. The summed E-state index contributed by atoms with van der Waals surface area (Å²) in [5.74, 6) is 0. The maximum atomic E-state index is 11.6. The van der Waals surface area contributed by atoms with Gasteiger partial charge in [-0.3, -0.25) is 0 Å². The van der Waals surface area contributed by atoms with Crippen LogP contribution in [0.3, 0.4) is 0 Å². The molecule has 0 fully saturated rings. The zero-order valence-electron chi connectivity index (χ0n) is 8.85. The number of nitrogens with zero attached hydrogens (tertiary/aromatic N) is 3. The molecule has 0 N–H and O–H groups in total. The van der Waals surface area contributed by atoms with Crippen LogP contribution in [-0.4, -0.2) is 23.5 Å². The summed E-state index contributed by atoms with van der Waals surface area (Å²) in [6.07, 6.45) is 0.972. The highest BCUT2D eigenvalue weighted by atomic mass is 127. The summed E-state index contributed by atoms with van der Waals surface area (Å²) in [6, 6.07) is 7.33. The maximum absolute atomic E-state index is 11.6. The highest BCUT2D eigenvalue weighted by Gasteiger charge is 2.02. The van der Waals surface area contributed by atoms with Crippen LogP contribution in [0.1, 0.15) is 13.3 Å². The van der Waals surface area contributed by atoms with Crippen molar-refractivity contribution in [3.05, 3.63) is 33.0 Å². The topological polar surface area (TPSA) is 41.7 Å². The first kappa shape index (κ1) is 12.2. The lowest BCUT2D eigenvalue weighted by Crippen LogP contribution is -2.14. The first-order valence-electron chi connectivity index (χ1n) is 4.79. The molecule has 0 saturated carbocycles. The van der Waals surface area contributed by atoms with Crippen LogP contribution < -0.4 is 0 Å². The van der Waals surface area contributed by atoms with Crippen LogP contribution in [0, 0.1) is 8.78 Å². The Morgan fingerprint density at radius 2 is 2.27 bits per heavy atom. The van der Waals surface area contributed by atoms with Gasteiger partial charge in [0.25, 0.3) is 0 Å². The molecule has 0 aliphatic heterocycles. The minimum atomic E-state index is 0.560. The second-order valence-electron chi connectivity index (χ2n) is 3.22. The van der Waals surface area contributed by atoms with Crippen molar-refractivity contribution in [1.29, 1.82) is 0 Å². The van der Waals surface area contributed by atoms with Crippen molar-refractivity contribution in [3.63, 3.8) is 0 Å². The zero-order chi connectivity index (χ0) is 11.3. The average molecular weight is 319 g/mol. The van der Waals surface area contributed by atoms with Crippen molar-refractivity contribution in [3.8, 4) is 0 Å². The van der Waals surface area contributed by atoms with Gasteiger partial charge in [0, 0.05) is 9.64 Å². The Balaban J connectivity index is 2.79. The molecule has 0 aliphatic carbocycles. The third kappa shape index (κ3) is 4.03. The fourth-order valence-electron chi connectivity index (χ4n) is 1.15. The summed E-state index contributed by atoms with van der Waals surface area (Å²) in [5, 5.41) is 17.1. The molecule has 5 heteroatoms. The molecule has 0 bridgehead atoms. The molecule has 0 atom stereocenters. The molecule has 0 aliphatic rings. The van der Waals surface area contributed by atoms with E-state index in [1.54, 1.807) is 24.2 Å². The molecule has 82 valence electrons. The van der Waals surface area contributed by atoms with Crippen molar-refractivity contribution >= 4 is 28.3 Å². The molecule has 1 rings (SSSR count). The lowest BCUT2D eigenvalue weighted by atomic mass is 10.3. The van der Waals surface area contributed by atoms with Gasteiger partial charge >= 0.3 is 0 Å². The van der Waals surface area contributed by atoms with E-state index in [0.717, 1.165) is 16.5 Å². The monoisotopic (exact) mass is 319 g/mol. The normalized spacial score (nSPS) is 11.5. The number of benzene rings is 1. The maximum Gasteiger partial charge on any atom is 0.155 e. The van der Waals surface area contributed by atoms with Gasteiger partial charge in [0.2, 0.25) is 0 Å². The predicted octanol–water partition coefficient (Wildman–Crippen LogP) is 3.14. The number of rotatable bonds is 4. The van der Waals surface area contributed by atoms with Crippen LogP contribution in [0.15, 0.2) is 29.5 Å². The quantitative estimate of drug-likeness (QED) is 0.370. The Morgan fingerprint density at radius 3 is 2.87 bits per heavy atom. The highest BCUT2D eigenvalue weighted by molar-refractivity contribution is 14.1. The number of hydrogen-bond donors (Lipinski definition) is 0. The molecule has 15 heavy (non-hydrogen) atoms. The van der Waals surface area contributed by atoms with E-state index in [4.69, 9.17) is 0 Å². The first-order chi connectivity index (χ1) is 7.13. The second kappa shape index (κ2) is 5.89. The highest BCUT2D eigenvalue weighted by Crippen LogP contribution is 2.15. The summed E-state index contributed by atoms with van der Waals surface area (Å²) in [4.78, 5) is 0.651. The van der Waals surface area contributed by atoms with Crippen molar-refractivity contribution in [2.45, 2.75) is 13.3 Å². The Bertz CT molecular complexity index is 354. The van der Waals surface area contributed by atoms with Gasteiger partial charge in [0.15, 0.2) is 5.69 Å². The minimum absolute atomic E-state index is 0.560. The summed E-state index contributed by atoms with van der Waals surface area (Å²) in [5.41, 5.74) is 0.560. The molecule has 0 saturated heterocycles. The molecular weight excluding hydrogens is 305 g/mol. The Hall–Kier alpha value is -0.850. The predicted molar refractivity (Wildman–Crippen MR) is 67.8 cm³/mol. The van der Waals surface area contributed by atoms with Gasteiger partial charge in [-0.2, -0.15) is 5.01 Å². The third-order valence-corrected chi connectivity index (χ3v) is 2.48. The van der Waals surface area contributed by atoms with Crippen molar-refractivity contribution in [2.24, 2.45) is 5.22 Å². The smallest absolute Gasteiger partial charge is 0.155 e. The van der Waals surface area contributed by atoms with E-state index in [9.17, 15) is 5.21 Å². The van der Waals surface area contributed by atoms with E-state index in [2.05, 4.69) is 27.8 Å². The second-order valence-corrected chi connectivity index (χ2v) is 4.47. The van der Waals surface area contributed by atoms with Crippen LogP contribution in [0.25, 0.3) is 0 Å². The Morgan fingerprint density at radius 1 is 1.53 bits per heavy atom. The van der Waals surface area contributed by atoms with Crippen molar-refractivity contribution in [2.75, 3.05) is 13.6 Å². The summed E-state index contributed by atoms with van der Waals surface area (Å²) >= 11 is 2.17. The van der Waals surface area contributed by atoms with Crippen molar-refractivity contribution in [1.82, 2.24) is 5.01 Å². The summed E-state index contributed by atoms with van der Waals surface area (Å²) in [6.45, 7) is 2.83. The molecule has 1 aromatic rings. The van der Waals surface area contributed by atoms with E-state index in [-0.39, 0.29) is 0 Å². The molecule has 4 nitrogen and oxygen atoms in total. The zero-order valence-corrected chi connectivity index (χ0v) is 11.0. The minimum Gasteiger partial charge on any atom is -0.691 e. The van der Waals surface area contributed by atoms with Gasteiger partial charge < -0.3 is 5.21 Å². The van der Waals surface area contributed by atoms with Gasteiger partial charge in [-0.1, -0.05) is 13.0 Å². The first-order valence-corrected chi connectivity index (χ1v) is 5.87. The van der Waals surface area contributed by atoms with Crippen LogP contribution in [-0.2, 0) is 0 Å². The van der Waals surface area contributed by atoms with Gasteiger partial charge in [-0.25, -0.2) is 0 Å². The average Bonchev–Trinajstić information content (AvgIpc) is 2.18. The lowest BCUT2D eigenvalue weighted by molar-refractivity contribution is -0.460. The van der Waals surface area contributed by atoms with E-state index in [1.165, 1.54) is 0 Å². The summed E-state index contributed by atoms with van der Waals surface area (Å²) < 4.78 is 1.03. The van der Waals surface area contributed by atoms with Gasteiger partial charge in [-0.15, -0.1) is 4.86 Å². The largest absolute Gasteiger partial charge is 0.691 e. The van der Waals surface area contributed by atoms with Crippen molar-refractivity contribution < 1.29 is 4.86 Å². The molecule has 0 unspecified atom stereocenters. The Kier molecular flexibility index (Phi) is 4.80. The number of hydrogen-bond acceptors (Lipinski definition) is 2. The van der Waals surface area contributed by atoms with Gasteiger partial charge in [0.05, 0.1) is 12.3 Å². The van der Waals surface area contributed by atoms with Crippen LogP contribution in [0.5, 0.6) is 0 Å². The van der Waals surface area contributed by atoms with Crippen LogP contribution in [0.2, 0.25) is 0 Å². The fraction of sp³-hybridized carbons (Fsp3) is 0.400. The number of halogens is 1. The summed E-state index contributed by atoms with van der Waals surface area (Å²) in [7, 11) is 1.79. The molecule has 0 radical (unpaired) electrons. The van der Waals surface area contributed by atoms with Gasteiger partial charge in [0.1, 0.15) is 6.54 Å². The van der Waals surface area contributed by atoms with E-state index in [0.29, 0.717) is 10.5 Å².